The van der Waals surface area contributed by atoms with Crippen molar-refractivity contribution in [1.82, 2.24) is 4.57 Å². The Bertz CT molecular complexity index is 910. The lowest BCUT2D eigenvalue weighted by Crippen LogP contribution is -2.16. The van der Waals surface area contributed by atoms with Gasteiger partial charge in [0.1, 0.15) is 0 Å². The molecule has 0 saturated carbocycles. The zero-order valence-corrected chi connectivity index (χ0v) is 14.0. The van der Waals surface area contributed by atoms with E-state index in [0.717, 1.165) is 10.2 Å². The van der Waals surface area contributed by atoms with Crippen molar-refractivity contribution in [2.45, 2.75) is 13.5 Å². The number of hydrogen-bond acceptors (Lipinski definition) is 2. The van der Waals surface area contributed by atoms with Gasteiger partial charge in [-0.05, 0) is 43.3 Å². The number of para-hydroxylation sites is 1. The summed E-state index contributed by atoms with van der Waals surface area (Å²) in [5.41, 5.74) is 1.43. The summed E-state index contributed by atoms with van der Waals surface area (Å²) >= 11 is 13.6. The average molecular weight is 351 g/mol. The second kappa shape index (κ2) is 6.24. The molecule has 1 heterocycles. The van der Waals surface area contributed by atoms with Crippen LogP contribution in [0.2, 0.25) is 10.0 Å². The molecular formula is C16H12Cl2N2OS. The van der Waals surface area contributed by atoms with Crippen LogP contribution in [0.5, 0.6) is 0 Å². The Labute approximate surface area is 141 Å². The first-order valence-corrected chi connectivity index (χ1v) is 8.30. The van der Waals surface area contributed by atoms with Gasteiger partial charge < -0.3 is 4.57 Å². The summed E-state index contributed by atoms with van der Waals surface area (Å²) in [5, 5.41) is 1.25. The highest BCUT2D eigenvalue weighted by atomic mass is 35.5. The second-order valence-electron chi connectivity index (χ2n) is 4.64. The van der Waals surface area contributed by atoms with E-state index < -0.39 is 0 Å². The van der Waals surface area contributed by atoms with E-state index in [1.165, 1.54) is 11.3 Å². The van der Waals surface area contributed by atoms with E-state index in [1.54, 1.807) is 24.3 Å². The summed E-state index contributed by atoms with van der Waals surface area (Å²) in [6.45, 7) is 2.69. The maximum Gasteiger partial charge on any atom is 0.279 e. The fourth-order valence-corrected chi connectivity index (χ4v) is 3.79. The molecule has 0 aliphatic heterocycles. The number of fused-ring (bicyclic) bond motifs is 1. The fraction of sp³-hybridized carbons (Fsp3) is 0.125. The highest BCUT2D eigenvalue weighted by Gasteiger charge is 2.10. The number of carbonyl (C=O) groups is 1. The topological polar surface area (TPSA) is 34.4 Å². The van der Waals surface area contributed by atoms with Crippen LogP contribution in [0.25, 0.3) is 10.2 Å². The molecule has 0 aliphatic rings. The molecule has 0 fully saturated rings. The fourth-order valence-electron chi connectivity index (χ4n) is 2.21. The van der Waals surface area contributed by atoms with E-state index >= 15 is 0 Å². The van der Waals surface area contributed by atoms with Gasteiger partial charge in [0.05, 0.1) is 15.2 Å². The van der Waals surface area contributed by atoms with Gasteiger partial charge in [-0.15, -0.1) is 0 Å². The van der Waals surface area contributed by atoms with Gasteiger partial charge in [-0.25, -0.2) is 0 Å². The smallest absolute Gasteiger partial charge is 0.279 e. The van der Waals surface area contributed by atoms with Crippen LogP contribution in [0.1, 0.15) is 17.3 Å². The van der Waals surface area contributed by atoms with E-state index in [1.807, 2.05) is 29.7 Å². The van der Waals surface area contributed by atoms with Crippen LogP contribution >= 0.6 is 34.5 Å². The van der Waals surface area contributed by atoms with Crippen LogP contribution in [0.3, 0.4) is 0 Å². The van der Waals surface area contributed by atoms with E-state index in [2.05, 4.69) is 4.99 Å². The lowest BCUT2D eigenvalue weighted by atomic mass is 10.2. The molecule has 1 aromatic heterocycles. The van der Waals surface area contributed by atoms with E-state index in [4.69, 9.17) is 23.2 Å². The lowest BCUT2D eigenvalue weighted by Gasteiger charge is -2.01. The van der Waals surface area contributed by atoms with Gasteiger partial charge in [-0.2, -0.15) is 4.99 Å². The number of halogens is 2. The highest BCUT2D eigenvalue weighted by Crippen LogP contribution is 2.25. The summed E-state index contributed by atoms with van der Waals surface area (Å²) in [6.07, 6.45) is 0. The molecule has 3 aromatic rings. The predicted molar refractivity (Wildman–Crippen MR) is 91.8 cm³/mol. The Morgan fingerprint density at radius 3 is 2.59 bits per heavy atom. The number of thiazole rings is 1. The van der Waals surface area contributed by atoms with Gasteiger partial charge in [0.2, 0.25) is 0 Å². The molecule has 3 nitrogen and oxygen atoms in total. The Morgan fingerprint density at radius 1 is 1.18 bits per heavy atom. The van der Waals surface area contributed by atoms with Gasteiger partial charge in [0.25, 0.3) is 5.91 Å². The Kier molecular flexibility index (Phi) is 4.34. The van der Waals surface area contributed by atoms with Gasteiger partial charge in [0, 0.05) is 17.1 Å². The summed E-state index contributed by atoms with van der Waals surface area (Å²) in [7, 11) is 0. The Hall–Kier alpha value is -1.62. The third kappa shape index (κ3) is 2.82. The first-order chi connectivity index (χ1) is 10.6. The highest BCUT2D eigenvalue weighted by molar-refractivity contribution is 7.16. The summed E-state index contributed by atoms with van der Waals surface area (Å²) < 4.78 is 2.97. The lowest BCUT2D eigenvalue weighted by molar-refractivity contribution is 0.0998. The van der Waals surface area contributed by atoms with Crippen LogP contribution < -0.4 is 4.80 Å². The second-order valence-corrected chi connectivity index (χ2v) is 6.49. The summed E-state index contributed by atoms with van der Waals surface area (Å²) in [5.74, 6) is -0.290. The average Bonchev–Trinajstić information content (AvgIpc) is 2.86. The van der Waals surface area contributed by atoms with Crippen molar-refractivity contribution in [2.24, 2.45) is 4.99 Å². The first-order valence-electron chi connectivity index (χ1n) is 6.72. The molecule has 0 bridgehead atoms. The molecule has 2 aromatic carbocycles. The van der Waals surface area contributed by atoms with Gasteiger partial charge >= 0.3 is 0 Å². The van der Waals surface area contributed by atoms with Crippen molar-refractivity contribution in [3.8, 4) is 0 Å². The Balaban J connectivity index is 2.15. The molecule has 3 rings (SSSR count). The molecule has 22 heavy (non-hydrogen) atoms. The van der Waals surface area contributed by atoms with E-state index in [9.17, 15) is 4.79 Å². The molecule has 0 spiro atoms. The third-order valence-electron chi connectivity index (χ3n) is 3.26. The number of aryl methyl sites for hydroxylation is 1. The minimum Gasteiger partial charge on any atom is -0.315 e. The number of hydrogen-bond donors (Lipinski definition) is 0. The van der Waals surface area contributed by atoms with Crippen LogP contribution in [0, 0.1) is 0 Å². The number of carbonyl (C=O) groups excluding carboxylic acids is 1. The van der Waals surface area contributed by atoms with Crippen LogP contribution in [0.15, 0.2) is 47.5 Å². The van der Waals surface area contributed by atoms with E-state index in [0.29, 0.717) is 27.0 Å². The molecule has 0 aliphatic carbocycles. The maximum absolute atomic E-state index is 12.3. The molecule has 1 amide bonds. The maximum atomic E-state index is 12.3. The third-order valence-corrected chi connectivity index (χ3v) is 4.86. The molecule has 112 valence electrons. The Morgan fingerprint density at radius 2 is 1.91 bits per heavy atom. The number of aromatic nitrogens is 1. The van der Waals surface area contributed by atoms with Crippen molar-refractivity contribution in [1.29, 1.82) is 0 Å². The van der Waals surface area contributed by atoms with Crippen LogP contribution in [-0.2, 0) is 6.54 Å². The van der Waals surface area contributed by atoms with Gasteiger partial charge in [0.15, 0.2) is 4.80 Å². The number of amides is 1. The van der Waals surface area contributed by atoms with E-state index in [-0.39, 0.29) is 5.91 Å². The minimum absolute atomic E-state index is 0.290. The molecule has 0 atom stereocenters. The number of benzene rings is 2. The van der Waals surface area contributed by atoms with Crippen molar-refractivity contribution in [3.63, 3.8) is 0 Å². The van der Waals surface area contributed by atoms with Crippen molar-refractivity contribution in [2.75, 3.05) is 0 Å². The zero-order chi connectivity index (χ0) is 15.7. The van der Waals surface area contributed by atoms with Gasteiger partial charge in [-0.3, -0.25) is 4.79 Å². The van der Waals surface area contributed by atoms with Crippen molar-refractivity contribution >= 4 is 50.7 Å². The minimum atomic E-state index is -0.290. The normalized spacial score (nSPS) is 12.0. The standard InChI is InChI=1S/C16H12Cl2N2OS/c1-2-20-14-12(18)4-3-5-13(14)22-16(20)19-15(21)10-6-8-11(17)9-7-10/h3-9H,2H2,1H3. The van der Waals surface area contributed by atoms with Crippen LogP contribution in [-0.4, -0.2) is 10.5 Å². The summed E-state index contributed by atoms with van der Waals surface area (Å²) in [4.78, 5) is 17.2. The molecule has 6 heteroatoms. The molecule has 0 saturated heterocycles. The quantitative estimate of drug-likeness (QED) is 0.655. The largest absolute Gasteiger partial charge is 0.315 e. The SMILES string of the molecule is CCn1c(=NC(=O)c2ccc(Cl)cc2)sc2cccc(Cl)c21. The summed E-state index contributed by atoms with van der Waals surface area (Å²) in [6, 6.07) is 12.4. The van der Waals surface area contributed by atoms with Crippen LogP contribution in [0.4, 0.5) is 0 Å². The monoisotopic (exact) mass is 350 g/mol. The van der Waals surface area contributed by atoms with Crippen molar-refractivity contribution < 1.29 is 4.79 Å². The predicted octanol–water partition coefficient (Wildman–Crippen LogP) is 4.77. The number of nitrogens with zero attached hydrogens (tertiary/aromatic N) is 2. The first kappa shape index (κ1) is 15.3. The zero-order valence-electron chi connectivity index (χ0n) is 11.7. The molecule has 0 unspecified atom stereocenters. The molecule has 0 N–H and O–H groups in total. The van der Waals surface area contributed by atoms with Gasteiger partial charge in [-0.1, -0.05) is 40.6 Å². The van der Waals surface area contributed by atoms with Crippen molar-refractivity contribution in [3.05, 3.63) is 62.9 Å². The number of rotatable bonds is 2. The molecule has 0 radical (unpaired) electrons. The molecular weight excluding hydrogens is 339 g/mol.